The Hall–Kier alpha value is 0.310. The summed E-state index contributed by atoms with van der Waals surface area (Å²) >= 11 is 2.13. The first-order chi connectivity index (χ1) is 7.45. The molecule has 0 aromatic heterocycles. The summed E-state index contributed by atoms with van der Waals surface area (Å²) in [6.45, 7) is 2.54. The summed E-state index contributed by atoms with van der Waals surface area (Å²) in [5.74, 6) is 4.85. The van der Waals surface area contributed by atoms with Crippen molar-refractivity contribution in [3.8, 4) is 0 Å². The van der Waals surface area contributed by atoms with Gasteiger partial charge in [-0.1, -0.05) is 25.7 Å². The SMILES string of the molecule is C1CCC(CCCNCC2CCSC2)C1. The molecule has 2 heteroatoms. The zero-order chi connectivity index (χ0) is 10.3. The number of thioether (sulfide) groups is 1. The van der Waals surface area contributed by atoms with E-state index in [-0.39, 0.29) is 0 Å². The molecule has 1 saturated carbocycles. The highest BCUT2D eigenvalue weighted by Crippen LogP contribution is 2.28. The highest BCUT2D eigenvalue weighted by atomic mass is 32.2. The van der Waals surface area contributed by atoms with E-state index >= 15 is 0 Å². The molecule has 0 spiro atoms. The highest BCUT2D eigenvalue weighted by molar-refractivity contribution is 7.99. The first-order valence-corrected chi connectivity index (χ1v) is 7.89. The molecule has 0 aromatic carbocycles. The van der Waals surface area contributed by atoms with Gasteiger partial charge in [-0.3, -0.25) is 0 Å². The van der Waals surface area contributed by atoms with Crippen molar-refractivity contribution in [2.24, 2.45) is 11.8 Å². The van der Waals surface area contributed by atoms with Crippen LogP contribution in [0.25, 0.3) is 0 Å². The van der Waals surface area contributed by atoms with E-state index in [4.69, 9.17) is 0 Å². The van der Waals surface area contributed by atoms with Gasteiger partial charge in [-0.15, -0.1) is 0 Å². The average Bonchev–Trinajstić information content (AvgIpc) is 2.88. The fourth-order valence-corrected chi connectivity index (χ4v) is 4.15. The second kappa shape index (κ2) is 6.80. The summed E-state index contributed by atoms with van der Waals surface area (Å²) in [5.41, 5.74) is 0. The molecule has 2 rings (SSSR count). The molecule has 2 aliphatic rings. The van der Waals surface area contributed by atoms with Gasteiger partial charge in [0.1, 0.15) is 0 Å². The van der Waals surface area contributed by atoms with E-state index in [1.165, 1.54) is 69.5 Å². The molecule has 1 aliphatic heterocycles. The summed E-state index contributed by atoms with van der Waals surface area (Å²) in [6, 6.07) is 0. The van der Waals surface area contributed by atoms with Gasteiger partial charge in [0.05, 0.1) is 0 Å². The number of nitrogens with one attached hydrogen (secondary N) is 1. The smallest absolute Gasteiger partial charge is 0.00123 e. The first-order valence-electron chi connectivity index (χ1n) is 6.73. The minimum atomic E-state index is 0.974. The zero-order valence-corrected chi connectivity index (χ0v) is 10.7. The van der Waals surface area contributed by atoms with Gasteiger partial charge in [-0.2, -0.15) is 11.8 Å². The molecule has 1 aliphatic carbocycles. The summed E-state index contributed by atoms with van der Waals surface area (Å²) in [6.07, 6.45) is 10.4. The molecule has 1 heterocycles. The lowest BCUT2D eigenvalue weighted by Crippen LogP contribution is -2.23. The van der Waals surface area contributed by atoms with Crippen LogP contribution < -0.4 is 5.32 Å². The lowest BCUT2D eigenvalue weighted by molar-refractivity contribution is 0.454. The quantitative estimate of drug-likeness (QED) is 0.699. The van der Waals surface area contributed by atoms with Crippen LogP contribution in [-0.4, -0.2) is 24.6 Å². The third-order valence-electron chi connectivity index (χ3n) is 3.90. The van der Waals surface area contributed by atoms with Crippen molar-refractivity contribution in [1.82, 2.24) is 5.32 Å². The van der Waals surface area contributed by atoms with Crippen molar-refractivity contribution in [2.45, 2.75) is 44.9 Å². The standard InChI is InChI=1S/C13H25NS/c1-2-5-12(4-1)6-3-8-14-10-13-7-9-15-11-13/h12-14H,1-11H2. The van der Waals surface area contributed by atoms with Crippen LogP contribution in [0, 0.1) is 11.8 Å². The van der Waals surface area contributed by atoms with Gasteiger partial charge in [-0.05, 0) is 55.7 Å². The zero-order valence-electron chi connectivity index (χ0n) is 9.84. The van der Waals surface area contributed by atoms with Crippen LogP contribution >= 0.6 is 11.8 Å². The van der Waals surface area contributed by atoms with Crippen molar-refractivity contribution < 1.29 is 0 Å². The normalized spacial score (nSPS) is 27.6. The third kappa shape index (κ3) is 4.36. The molecular weight excluding hydrogens is 202 g/mol. The number of hydrogen-bond acceptors (Lipinski definition) is 2. The number of rotatable bonds is 6. The Kier molecular flexibility index (Phi) is 5.34. The minimum Gasteiger partial charge on any atom is -0.316 e. The minimum absolute atomic E-state index is 0.974. The predicted molar refractivity (Wildman–Crippen MR) is 69.5 cm³/mol. The number of hydrogen-bond donors (Lipinski definition) is 1. The average molecular weight is 227 g/mol. The second-order valence-corrected chi connectivity index (χ2v) is 6.38. The monoisotopic (exact) mass is 227 g/mol. The van der Waals surface area contributed by atoms with Gasteiger partial charge in [0, 0.05) is 0 Å². The van der Waals surface area contributed by atoms with Crippen molar-refractivity contribution >= 4 is 11.8 Å². The van der Waals surface area contributed by atoms with Crippen LogP contribution in [0.5, 0.6) is 0 Å². The van der Waals surface area contributed by atoms with Crippen LogP contribution in [-0.2, 0) is 0 Å². The van der Waals surface area contributed by atoms with Crippen molar-refractivity contribution in [2.75, 3.05) is 24.6 Å². The molecule has 1 saturated heterocycles. The maximum atomic E-state index is 3.64. The molecule has 88 valence electrons. The van der Waals surface area contributed by atoms with E-state index < -0.39 is 0 Å². The molecular formula is C13H25NS. The lowest BCUT2D eigenvalue weighted by atomic mass is 10.0. The molecule has 1 atom stereocenters. The molecule has 0 amide bonds. The van der Waals surface area contributed by atoms with Gasteiger partial charge >= 0.3 is 0 Å². The van der Waals surface area contributed by atoms with Gasteiger partial charge in [-0.25, -0.2) is 0 Å². The maximum absolute atomic E-state index is 3.64. The van der Waals surface area contributed by atoms with Gasteiger partial charge in [0.2, 0.25) is 0 Å². The molecule has 0 aromatic rings. The van der Waals surface area contributed by atoms with Crippen molar-refractivity contribution in [3.05, 3.63) is 0 Å². The van der Waals surface area contributed by atoms with Gasteiger partial charge in [0.25, 0.3) is 0 Å². The Morgan fingerprint density at radius 1 is 1.07 bits per heavy atom. The Balaban J connectivity index is 1.41. The van der Waals surface area contributed by atoms with Crippen molar-refractivity contribution in [1.29, 1.82) is 0 Å². The Labute approximate surface area is 98.8 Å². The molecule has 15 heavy (non-hydrogen) atoms. The third-order valence-corrected chi connectivity index (χ3v) is 5.13. The highest BCUT2D eigenvalue weighted by Gasteiger charge is 2.15. The summed E-state index contributed by atoms with van der Waals surface area (Å²) in [4.78, 5) is 0. The topological polar surface area (TPSA) is 12.0 Å². The van der Waals surface area contributed by atoms with Crippen molar-refractivity contribution in [3.63, 3.8) is 0 Å². The Bertz CT molecular complexity index is 142. The van der Waals surface area contributed by atoms with Crippen LogP contribution in [0.3, 0.4) is 0 Å². The van der Waals surface area contributed by atoms with Crippen LogP contribution in [0.15, 0.2) is 0 Å². The predicted octanol–water partition coefficient (Wildman–Crippen LogP) is 3.30. The van der Waals surface area contributed by atoms with Gasteiger partial charge < -0.3 is 5.32 Å². The fraction of sp³-hybridized carbons (Fsp3) is 1.00. The van der Waals surface area contributed by atoms with E-state index in [0.717, 1.165) is 11.8 Å². The fourth-order valence-electron chi connectivity index (χ4n) is 2.87. The van der Waals surface area contributed by atoms with E-state index in [0.29, 0.717) is 0 Å². The first kappa shape index (κ1) is 11.8. The van der Waals surface area contributed by atoms with Crippen LogP contribution in [0.4, 0.5) is 0 Å². The molecule has 1 nitrogen and oxygen atoms in total. The maximum Gasteiger partial charge on any atom is -0.00123 e. The van der Waals surface area contributed by atoms with Gasteiger partial charge in [0.15, 0.2) is 0 Å². The Morgan fingerprint density at radius 2 is 1.93 bits per heavy atom. The molecule has 2 fully saturated rings. The van der Waals surface area contributed by atoms with Crippen LogP contribution in [0.1, 0.15) is 44.9 Å². The molecule has 1 unspecified atom stereocenters. The van der Waals surface area contributed by atoms with Crippen LogP contribution in [0.2, 0.25) is 0 Å². The lowest BCUT2D eigenvalue weighted by Gasteiger charge is -2.11. The molecule has 0 bridgehead atoms. The summed E-state index contributed by atoms with van der Waals surface area (Å²) in [5, 5.41) is 3.64. The molecule has 0 radical (unpaired) electrons. The van der Waals surface area contributed by atoms with E-state index in [1.807, 2.05) is 0 Å². The van der Waals surface area contributed by atoms with E-state index in [9.17, 15) is 0 Å². The summed E-state index contributed by atoms with van der Waals surface area (Å²) < 4.78 is 0. The molecule has 1 N–H and O–H groups in total. The second-order valence-electron chi connectivity index (χ2n) is 5.23. The van der Waals surface area contributed by atoms with E-state index in [1.54, 1.807) is 0 Å². The summed E-state index contributed by atoms with van der Waals surface area (Å²) in [7, 11) is 0. The van der Waals surface area contributed by atoms with E-state index in [2.05, 4.69) is 17.1 Å². The largest absolute Gasteiger partial charge is 0.316 e. The Morgan fingerprint density at radius 3 is 2.67 bits per heavy atom.